The highest BCUT2D eigenvalue weighted by Gasteiger charge is 2.24. The van der Waals surface area contributed by atoms with E-state index in [9.17, 15) is 4.79 Å². The van der Waals surface area contributed by atoms with E-state index in [1.54, 1.807) is 19.3 Å². The first-order chi connectivity index (χ1) is 16.1. The number of hydrogen-bond acceptors (Lipinski definition) is 7. The van der Waals surface area contributed by atoms with Crippen molar-refractivity contribution in [2.24, 2.45) is 0 Å². The monoisotopic (exact) mass is 442 g/mol. The van der Waals surface area contributed by atoms with Crippen LogP contribution in [-0.4, -0.2) is 49.8 Å². The van der Waals surface area contributed by atoms with Gasteiger partial charge < -0.3 is 15.5 Å². The van der Waals surface area contributed by atoms with Crippen LogP contribution in [0.3, 0.4) is 0 Å². The highest BCUT2D eigenvalue weighted by Crippen LogP contribution is 2.27. The standard InChI is InChI=1S/C24H26N8O/c1-16-28-21-14-25-23(31-11-8-19(15-31)30-17(2)33)12-20(21)24(29-16)26-13-18-6-3-4-7-22(18)32-10-5-9-27-32/h3-7,9-10,12,14,19H,8,11,13,15H2,1-2H3,(H,30,33)(H,26,28,29). The first-order valence-electron chi connectivity index (χ1n) is 11.0. The summed E-state index contributed by atoms with van der Waals surface area (Å²) in [4.78, 5) is 27.5. The van der Waals surface area contributed by atoms with Gasteiger partial charge in [0.15, 0.2) is 0 Å². The Labute approximate surface area is 191 Å². The summed E-state index contributed by atoms with van der Waals surface area (Å²) in [6, 6.07) is 12.3. The molecule has 1 aliphatic rings. The van der Waals surface area contributed by atoms with Gasteiger partial charge in [-0.3, -0.25) is 4.79 Å². The largest absolute Gasteiger partial charge is 0.365 e. The van der Waals surface area contributed by atoms with Gasteiger partial charge in [0, 0.05) is 50.4 Å². The lowest BCUT2D eigenvalue weighted by Crippen LogP contribution is -2.35. The van der Waals surface area contributed by atoms with Gasteiger partial charge in [0.2, 0.25) is 5.91 Å². The molecule has 33 heavy (non-hydrogen) atoms. The molecule has 1 amide bonds. The Morgan fingerprint density at radius 2 is 2.09 bits per heavy atom. The van der Waals surface area contributed by atoms with Crippen molar-refractivity contribution in [3.63, 3.8) is 0 Å². The predicted octanol–water partition coefficient (Wildman–Crippen LogP) is 2.85. The van der Waals surface area contributed by atoms with Crippen molar-refractivity contribution < 1.29 is 4.79 Å². The van der Waals surface area contributed by atoms with E-state index in [0.717, 1.165) is 53.3 Å². The molecule has 0 spiro atoms. The van der Waals surface area contributed by atoms with Crippen molar-refractivity contribution in [2.45, 2.75) is 32.9 Å². The van der Waals surface area contributed by atoms with Crippen molar-refractivity contribution in [3.8, 4) is 5.69 Å². The minimum atomic E-state index is -0.000856. The summed E-state index contributed by atoms with van der Waals surface area (Å²) in [5, 5.41) is 11.8. The number of amides is 1. The molecule has 9 nitrogen and oxygen atoms in total. The summed E-state index contributed by atoms with van der Waals surface area (Å²) in [5.74, 6) is 2.32. The van der Waals surface area contributed by atoms with E-state index in [0.29, 0.717) is 12.4 Å². The van der Waals surface area contributed by atoms with Gasteiger partial charge >= 0.3 is 0 Å². The molecule has 5 rings (SSSR count). The molecule has 0 aliphatic carbocycles. The molecular formula is C24H26N8O. The zero-order chi connectivity index (χ0) is 22.8. The molecule has 4 aromatic rings. The Bertz CT molecular complexity index is 1290. The number of carbonyl (C=O) groups excluding carboxylic acids is 1. The van der Waals surface area contributed by atoms with Crippen LogP contribution in [0.25, 0.3) is 16.6 Å². The van der Waals surface area contributed by atoms with Crippen molar-refractivity contribution in [2.75, 3.05) is 23.3 Å². The zero-order valence-corrected chi connectivity index (χ0v) is 18.7. The van der Waals surface area contributed by atoms with Gasteiger partial charge in [-0.05, 0) is 37.1 Å². The topological polar surface area (TPSA) is 101 Å². The van der Waals surface area contributed by atoms with Crippen LogP contribution in [0.1, 0.15) is 24.7 Å². The van der Waals surface area contributed by atoms with E-state index in [2.05, 4.69) is 41.7 Å². The number of fused-ring (bicyclic) bond motifs is 1. The molecular weight excluding hydrogens is 416 g/mol. The second kappa shape index (κ2) is 8.85. The average Bonchev–Trinajstić information content (AvgIpc) is 3.49. The van der Waals surface area contributed by atoms with E-state index >= 15 is 0 Å². The lowest BCUT2D eigenvalue weighted by molar-refractivity contribution is -0.119. The normalized spacial score (nSPS) is 15.7. The SMILES string of the molecule is CC(=O)NC1CCN(c2cc3c(NCc4ccccc4-n4cccn4)nc(C)nc3cn2)C1. The molecule has 3 aromatic heterocycles. The van der Waals surface area contributed by atoms with E-state index < -0.39 is 0 Å². The molecule has 2 N–H and O–H groups in total. The van der Waals surface area contributed by atoms with Gasteiger partial charge in [-0.2, -0.15) is 5.10 Å². The second-order valence-corrected chi connectivity index (χ2v) is 8.24. The number of anilines is 2. The number of pyridine rings is 1. The Kier molecular flexibility index (Phi) is 5.60. The molecule has 1 atom stereocenters. The molecule has 1 saturated heterocycles. The smallest absolute Gasteiger partial charge is 0.217 e. The minimum absolute atomic E-state index is 0.000856. The zero-order valence-electron chi connectivity index (χ0n) is 18.7. The van der Waals surface area contributed by atoms with Crippen LogP contribution in [0.5, 0.6) is 0 Å². The molecule has 1 aromatic carbocycles. The van der Waals surface area contributed by atoms with E-state index in [1.807, 2.05) is 48.1 Å². The van der Waals surface area contributed by atoms with Gasteiger partial charge in [0.1, 0.15) is 17.5 Å². The Morgan fingerprint density at radius 1 is 1.21 bits per heavy atom. The number of para-hydroxylation sites is 1. The minimum Gasteiger partial charge on any atom is -0.365 e. The fraction of sp³-hybridized carbons (Fsp3) is 0.292. The summed E-state index contributed by atoms with van der Waals surface area (Å²) in [7, 11) is 0. The summed E-state index contributed by atoms with van der Waals surface area (Å²) in [6.45, 7) is 5.61. The third-order valence-corrected chi connectivity index (χ3v) is 5.79. The Balaban J connectivity index is 1.42. The highest BCUT2D eigenvalue weighted by atomic mass is 16.1. The fourth-order valence-electron chi connectivity index (χ4n) is 4.29. The van der Waals surface area contributed by atoms with Crippen LogP contribution in [0.15, 0.2) is 55.0 Å². The lowest BCUT2D eigenvalue weighted by Gasteiger charge is -2.19. The van der Waals surface area contributed by atoms with Gasteiger partial charge in [0.25, 0.3) is 0 Å². The summed E-state index contributed by atoms with van der Waals surface area (Å²) in [6.07, 6.45) is 6.41. The molecule has 0 radical (unpaired) electrons. The maximum absolute atomic E-state index is 11.4. The van der Waals surface area contributed by atoms with Crippen LogP contribution in [0, 0.1) is 6.92 Å². The van der Waals surface area contributed by atoms with Crippen molar-refractivity contribution >= 4 is 28.4 Å². The number of aromatic nitrogens is 5. The van der Waals surface area contributed by atoms with Crippen LogP contribution >= 0.6 is 0 Å². The molecule has 4 heterocycles. The number of benzene rings is 1. The first kappa shape index (κ1) is 20.9. The maximum atomic E-state index is 11.4. The van der Waals surface area contributed by atoms with Crippen molar-refractivity contribution in [3.05, 3.63) is 66.4 Å². The number of aryl methyl sites for hydroxylation is 1. The molecule has 168 valence electrons. The number of hydrogen-bond donors (Lipinski definition) is 2. The summed E-state index contributed by atoms with van der Waals surface area (Å²) in [5.41, 5.74) is 2.93. The Morgan fingerprint density at radius 3 is 2.91 bits per heavy atom. The number of nitrogens with zero attached hydrogens (tertiary/aromatic N) is 6. The summed E-state index contributed by atoms with van der Waals surface area (Å²) >= 11 is 0. The number of rotatable bonds is 6. The van der Waals surface area contributed by atoms with Crippen LogP contribution < -0.4 is 15.5 Å². The number of carbonyl (C=O) groups is 1. The van der Waals surface area contributed by atoms with E-state index in [-0.39, 0.29) is 11.9 Å². The Hall–Kier alpha value is -4.01. The van der Waals surface area contributed by atoms with Gasteiger partial charge in [0.05, 0.1) is 17.4 Å². The van der Waals surface area contributed by atoms with Crippen LogP contribution in [0.2, 0.25) is 0 Å². The van der Waals surface area contributed by atoms with Crippen molar-refractivity contribution in [1.82, 2.24) is 30.0 Å². The van der Waals surface area contributed by atoms with Crippen molar-refractivity contribution in [1.29, 1.82) is 0 Å². The fourth-order valence-corrected chi connectivity index (χ4v) is 4.29. The third kappa shape index (κ3) is 4.48. The third-order valence-electron chi connectivity index (χ3n) is 5.79. The molecule has 1 unspecified atom stereocenters. The van der Waals surface area contributed by atoms with Gasteiger partial charge in [-0.15, -0.1) is 0 Å². The van der Waals surface area contributed by atoms with Crippen LogP contribution in [-0.2, 0) is 11.3 Å². The number of nitrogens with one attached hydrogen (secondary N) is 2. The predicted molar refractivity (Wildman–Crippen MR) is 127 cm³/mol. The quantitative estimate of drug-likeness (QED) is 0.473. The highest BCUT2D eigenvalue weighted by molar-refractivity contribution is 5.90. The first-order valence-corrected chi connectivity index (χ1v) is 11.0. The lowest BCUT2D eigenvalue weighted by atomic mass is 10.1. The van der Waals surface area contributed by atoms with E-state index in [1.165, 1.54) is 0 Å². The molecule has 0 saturated carbocycles. The molecule has 0 bridgehead atoms. The van der Waals surface area contributed by atoms with Gasteiger partial charge in [-0.1, -0.05) is 18.2 Å². The summed E-state index contributed by atoms with van der Waals surface area (Å²) < 4.78 is 1.86. The molecule has 9 heteroatoms. The maximum Gasteiger partial charge on any atom is 0.217 e. The van der Waals surface area contributed by atoms with Crippen LogP contribution in [0.4, 0.5) is 11.6 Å². The second-order valence-electron chi connectivity index (χ2n) is 8.24. The average molecular weight is 443 g/mol. The molecule has 1 aliphatic heterocycles. The molecule has 1 fully saturated rings. The van der Waals surface area contributed by atoms with Gasteiger partial charge in [-0.25, -0.2) is 19.6 Å². The van der Waals surface area contributed by atoms with E-state index in [4.69, 9.17) is 0 Å².